The number of rotatable bonds is 1. The number of hydrogen-bond donors (Lipinski definition) is 0. The van der Waals surface area contributed by atoms with Crippen LogP contribution >= 0.6 is 0 Å². The predicted octanol–water partition coefficient (Wildman–Crippen LogP) is 2.57. The average Bonchev–Trinajstić information content (AvgIpc) is 2.61. The van der Waals surface area contributed by atoms with E-state index in [2.05, 4.69) is 4.99 Å². The molecule has 0 saturated heterocycles. The molecule has 0 saturated carbocycles. The van der Waals surface area contributed by atoms with Gasteiger partial charge >= 0.3 is 5.97 Å². The molecule has 16 heavy (non-hydrogen) atoms. The van der Waals surface area contributed by atoms with E-state index in [0.29, 0.717) is 12.1 Å². The van der Waals surface area contributed by atoms with Crippen LogP contribution in [0.25, 0.3) is 0 Å². The van der Waals surface area contributed by atoms with Crippen molar-refractivity contribution in [1.29, 1.82) is 0 Å². The highest BCUT2D eigenvalue weighted by Crippen LogP contribution is 2.21. The summed E-state index contributed by atoms with van der Waals surface area (Å²) in [6.45, 7) is 6.17. The summed E-state index contributed by atoms with van der Waals surface area (Å²) in [6.07, 6.45) is 1.79. The number of carbonyl (C=O) groups excluding carboxylic acids is 1. The standard InChI is InChI=1S/C13H15NO2/c1-13(2,3)16-12(15)10-6-4-5-9-7-14-8-11(9)10/h4-7H,8H2,1-3H3. The summed E-state index contributed by atoms with van der Waals surface area (Å²) in [6, 6.07) is 5.61. The number of carbonyl (C=O) groups is 1. The van der Waals surface area contributed by atoms with E-state index in [1.807, 2.05) is 32.9 Å². The lowest BCUT2D eigenvalue weighted by Gasteiger charge is -2.20. The highest BCUT2D eigenvalue weighted by Gasteiger charge is 2.22. The zero-order chi connectivity index (χ0) is 11.8. The van der Waals surface area contributed by atoms with E-state index in [0.717, 1.165) is 11.1 Å². The van der Waals surface area contributed by atoms with Crippen molar-refractivity contribution in [2.45, 2.75) is 32.9 Å². The topological polar surface area (TPSA) is 38.7 Å². The van der Waals surface area contributed by atoms with Gasteiger partial charge in [0.05, 0.1) is 12.1 Å². The van der Waals surface area contributed by atoms with Crippen molar-refractivity contribution >= 4 is 12.2 Å². The quantitative estimate of drug-likeness (QED) is 0.678. The van der Waals surface area contributed by atoms with Crippen LogP contribution in [0.5, 0.6) is 0 Å². The zero-order valence-electron chi connectivity index (χ0n) is 9.78. The molecule has 1 heterocycles. The van der Waals surface area contributed by atoms with Crippen LogP contribution in [-0.4, -0.2) is 17.8 Å². The second-order valence-electron chi connectivity index (χ2n) is 4.85. The van der Waals surface area contributed by atoms with Crippen LogP contribution in [0.2, 0.25) is 0 Å². The highest BCUT2D eigenvalue weighted by atomic mass is 16.6. The highest BCUT2D eigenvalue weighted by molar-refractivity contribution is 5.96. The number of nitrogens with zero attached hydrogens (tertiary/aromatic N) is 1. The Balaban J connectivity index is 2.29. The number of esters is 1. The van der Waals surface area contributed by atoms with Crippen molar-refractivity contribution in [3.05, 3.63) is 34.9 Å². The van der Waals surface area contributed by atoms with Crippen LogP contribution in [0.1, 0.15) is 42.3 Å². The second kappa shape index (κ2) is 3.74. The third-order valence-corrected chi connectivity index (χ3v) is 2.31. The van der Waals surface area contributed by atoms with Crippen molar-refractivity contribution in [1.82, 2.24) is 0 Å². The minimum atomic E-state index is -0.459. The number of hydrogen-bond acceptors (Lipinski definition) is 3. The Morgan fingerprint density at radius 2 is 2.12 bits per heavy atom. The fourth-order valence-electron chi connectivity index (χ4n) is 1.66. The maximum atomic E-state index is 11.9. The molecule has 0 aromatic heterocycles. The third kappa shape index (κ3) is 2.13. The van der Waals surface area contributed by atoms with Crippen molar-refractivity contribution < 1.29 is 9.53 Å². The Hall–Kier alpha value is -1.64. The molecule has 3 heteroatoms. The molecule has 0 unspecified atom stereocenters. The van der Waals surface area contributed by atoms with E-state index in [-0.39, 0.29) is 5.97 Å². The molecule has 0 atom stereocenters. The molecule has 0 aliphatic carbocycles. The molecule has 2 rings (SSSR count). The van der Waals surface area contributed by atoms with Crippen LogP contribution in [0.15, 0.2) is 23.2 Å². The van der Waals surface area contributed by atoms with Crippen molar-refractivity contribution in [2.75, 3.05) is 0 Å². The van der Waals surface area contributed by atoms with Gasteiger partial charge in [-0.25, -0.2) is 4.79 Å². The van der Waals surface area contributed by atoms with Crippen molar-refractivity contribution in [2.24, 2.45) is 4.99 Å². The molecule has 0 amide bonds. The summed E-state index contributed by atoms with van der Waals surface area (Å²) in [5.74, 6) is -0.269. The summed E-state index contributed by atoms with van der Waals surface area (Å²) in [4.78, 5) is 16.1. The minimum absolute atomic E-state index is 0.269. The smallest absolute Gasteiger partial charge is 0.339 e. The van der Waals surface area contributed by atoms with E-state index in [9.17, 15) is 4.79 Å². The van der Waals surface area contributed by atoms with Gasteiger partial charge in [-0.1, -0.05) is 12.1 Å². The van der Waals surface area contributed by atoms with Gasteiger partial charge in [-0.2, -0.15) is 0 Å². The van der Waals surface area contributed by atoms with Gasteiger partial charge in [-0.3, -0.25) is 4.99 Å². The molecule has 1 aliphatic rings. The van der Waals surface area contributed by atoms with Crippen LogP contribution in [0, 0.1) is 0 Å². The monoisotopic (exact) mass is 217 g/mol. The van der Waals surface area contributed by atoms with Gasteiger partial charge in [0, 0.05) is 6.21 Å². The van der Waals surface area contributed by atoms with E-state index < -0.39 is 5.60 Å². The van der Waals surface area contributed by atoms with Crippen LogP contribution < -0.4 is 0 Å². The van der Waals surface area contributed by atoms with Crippen molar-refractivity contribution in [3.63, 3.8) is 0 Å². The lowest BCUT2D eigenvalue weighted by molar-refractivity contribution is 0.00684. The van der Waals surface area contributed by atoms with E-state index >= 15 is 0 Å². The maximum Gasteiger partial charge on any atom is 0.339 e. The first kappa shape index (κ1) is 10.9. The van der Waals surface area contributed by atoms with E-state index in [4.69, 9.17) is 4.74 Å². The van der Waals surface area contributed by atoms with Gasteiger partial charge in [0.2, 0.25) is 0 Å². The van der Waals surface area contributed by atoms with Gasteiger partial charge in [-0.15, -0.1) is 0 Å². The molecule has 0 fully saturated rings. The first-order chi connectivity index (χ1) is 7.47. The molecule has 0 N–H and O–H groups in total. The lowest BCUT2D eigenvalue weighted by atomic mass is 10.0. The molecule has 1 aliphatic heterocycles. The molecule has 0 radical (unpaired) electrons. The summed E-state index contributed by atoms with van der Waals surface area (Å²) in [5, 5.41) is 0. The van der Waals surface area contributed by atoms with Gasteiger partial charge in [0.25, 0.3) is 0 Å². The fourth-order valence-corrected chi connectivity index (χ4v) is 1.66. The molecule has 0 bridgehead atoms. The predicted molar refractivity (Wildman–Crippen MR) is 62.9 cm³/mol. The molecule has 3 nitrogen and oxygen atoms in total. The Morgan fingerprint density at radius 3 is 2.81 bits per heavy atom. The molecule has 1 aromatic rings. The SMILES string of the molecule is CC(C)(C)OC(=O)c1cccc2c1CN=C2. The number of aliphatic imine (C=N–C) groups is 1. The maximum absolute atomic E-state index is 11.9. The zero-order valence-corrected chi connectivity index (χ0v) is 9.78. The van der Waals surface area contributed by atoms with Crippen LogP contribution in [0.4, 0.5) is 0 Å². The Morgan fingerprint density at radius 1 is 1.38 bits per heavy atom. The van der Waals surface area contributed by atoms with Crippen LogP contribution in [-0.2, 0) is 11.3 Å². The Labute approximate surface area is 95.2 Å². The van der Waals surface area contributed by atoms with Crippen molar-refractivity contribution in [3.8, 4) is 0 Å². The molecular formula is C13H15NO2. The fraction of sp³-hybridized carbons (Fsp3) is 0.385. The molecular weight excluding hydrogens is 202 g/mol. The Kier molecular flexibility index (Phi) is 2.54. The average molecular weight is 217 g/mol. The summed E-state index contributed by atoms with van der Waals surface area (Å²) >= 11 is 0. The lowest BCUT2D eigenvalue weighted by Crippen LogP contribution is -2.24. The molecule has 0 spiro atoms. The van der Waals surface area contributed by atoms with E-state index in [1.165, 1.54) is 0 Å². The normalized spacial score (nSPS) is 13.7. The largest absolute Gasteiger partial charge is 0.456 e. The third-order valence-electron chi connectivity index (χ3n) is 2.31. The molecule has 84 valence electrons. The first-order valence-electron chi connectivity index (χ1n) is 5.32. The number of benzene rings is 1. The van der Waals surface area contributed by atoms with Gasteiger partial charge in [0.1, 0.15) is 5.60 Å². The summed E-state index contributed by atoms with van der Waals surface area (Å²) in [7, 11) is 0. The molecule has 1 aromatic carbocycles. The van der Waals surface area contributed by atoms with Gasteiger partial charge < -0.3 is 4.74 Å². The number of fused-ring (bicyclic) bond motifs is 1. The second-order valence-corrected chi connectivity index (χ2v) is 4.85. The van der Waals surface area contributed by atoms with Gasteiger partial charge in [0.15, 0.2) is 0 Å². The Bertz CT molecular complexity index is 455. The van der Waals surface area contributed by atoms with E-state index in [1.54, 1.807) is 12.3 Å². The van der Waals surface area contributed by atoms with Crippen LogP contribution in [0.3, 0.4) is 0 Å². The summed E-state index contributed by atoms with van der Waals surface area (Å²) in [5.41, 5.74) is 2.16. The van der Waals surface area contributed by atoms with Gasteiger partial charge in [-0.05, 0) is 38.0 Å². The first-order valence-corrected chi connectivity index (χ1v) is 5.32. The number of ether oxygens (including phenoxy) is 1. The minimum Gasteiger partial charge on any atom is -0.456 e. The summed E-state index contributed by atoms with van der Waals surface area (Å²) < 4.78 is 5.35.